The maximum Gasteiger partial charge on any atom is 0.408 e. The van der Waals surface area contributed by atoms with Crippen LogP contribution in [0.5, 0.6) is 5.75 Å². The van der Waals surface area contributed by atoms with Crippen molar-refractivity contribution in [2.75, 3.05) is 6.54 Å². The Kier molecular flexibility index (Phi) is 8.05. The van der Waals surface area contributed by atoms with E-state index in [0.717, 1.165) is 51.0 Å². The SMILES string of the molecule is CCc1cc(O)ccc1-c1ccc2c(-c3nc4c([nH]3)CN(C(=O)[C@H](Cc3ccccc3)NC(=O)OC(C)(C)C)CC4)n[nH]c2c1. The van der Waals surface area contributed by atoms with Crippen LogP contribution in [0.15, 0.2) is 66.7 Å². The zero-order valence-electron chi connectivity index (χ0n) is 26.0. The van der Waals surface area contributed by atoms with Gasteiger partial charge in [-0.15, -0.1) is 0 Å². The maximum absolute atomic E-state index is 13.8. The lowest BCUT2D eigenvalue weighted by atomic mass is 9.97. The number of hydrogen-bond donors (Lipinski definition) is 4. The second kappa shape index (κ2) is 12.1. The largest absolute Gasteiger partial charge is 0.508 e. The molecule has 3 heterocycles. The summed E-state index contributed by atoms with van der Waals surface area (Å²) in [4.78, 5) is 36.6. The van der Waals surface area contributed by atoms with Crippen molar-refractivity contribution < 1.29 is 19.4 Å². The molecule has 0 radical (unpaired) electrons. The summed E-state index contributed by atoms with van der Waals surface area (Å²) in [5, 5.41) is 21.4. The van der Waals surface area contributed by atoms with E-state index >= 15 is 0 Å². The van der Waals surface area contributed by atoms with Crippen molar-refractivity contribution in [2.24, 2.45) is 0 Å². The first kappa shape index (κ1) is 29.9. The molecule has 2 aromatic heterocycles. The van der Waals surface area contributed by atoms with Crippen LogP contribution in [0.2, 0.25) is 0 Å². The van der Waals surface area contributed by atoms with Crippen LogP contribution in [0.3, 0.4) is 0 Å². The van der Waals surface area contributed by atoms with Crippen LogP contribution < -0.4 is 5.32 Å². The number of phenols is 1. The third-order valence-electron chi connectivity index (χ3n) is 7.98. The highest BCUT2D eigenvalue weighted by Gasteiger charge is 2.32. The molecule has 4 N–H and O–H groups in total. The molecule has 232 valence electrons. The number of amides is 2. The summed E-state index contributed by atoms with van der Waals surface area (Å²) in [5.41, 5.74) is 6.77. The van der Waals surface area contributed by atoms with E-state index < -0.39 is 17.7 Å². The first-order valence-electron chi connectivity index (χ1n) is 15.3. The molecule has 1 aliphatic heterocycles. The number of phenolic OH excluding ortho intramolecular Hbond substituents is 1. The van der Waals surface area contributed by atoms with E-state index in [1.807, 2.05) is 42.5 Å². The number of hydrogen-bond acceptors (Lipinski definition) is 6. The lowest BCUT2D eigenvalue weighted by Crippen LogP contribution is -2.51. The highest BCUT2D eigenvalue weighted by Crippen LogP contribution is 2.33. The average Bonchev–Trinajstić information content (AvgIpc) is 3.63. The lowest BCUT2D eigenvalue weighted by molar-refractivity contribution is -0.134. The van der Waals surface area contributed by atoms with E-state index in [-0.39, 0.29) is 11.7 Å². The molecule has 0 unspecified atom stereocenters. The predicted octanol–water partition coefficient (Wildman–Crippen LogP) is 5.91. The maximum atomic E-state index is 13.8. The van der Waals surface area contributed by atoms with Gasteiger partial charge in [0.1, 0.15) is 23.1 Å². The van der Waals surface area contributed by atoms with Crippen LogP contribution in [-0.4, -0.2) is 60.4 Å². The van der Waals surface area contributed by atoms with Gasteiger partial charge in [0.05, 0.1) is 23.4 Å². The Hall–Kier alpha value is -5.12. The minimum atomic E-state index is -0.780. The van der Waals surface area contributed by atoms with Crippen LogP contribution in [0.25, 0.3) is 33.5 Å². The molecule has 0 fully saturated rings. The number of fused-ring (bicyclic) bond motifs is 2. The molecule has 0 saturated carbocycles. The molecular formula is C35H38N6O4. The number of ether oxygens (including phenoxy) is 1. The first-order chi connectivity index (χ1) is 21.6. The number of aromatic amines is 2. The van der Waals surface area contributed by atoms with Gasteiger partial charge in [0.15, 0.2) is 5.82 Å². The minimum Gasteiger partial charge on any atom is -0.508 e. The number of rotatable bonds is 7. The second-order valence-corrected chi connectivity index (χ2v) is 12.4. The Morgan fingerprint density at radius 3 is 2.64 bits per heavy atom. The average molecular weight is 607 g/mol. The molecule has 1 aliphatic rings. The Bertz CT molecular complexity index is 1850. The molecule has 3 aromatic carbocycles. The summed E-state index contributed by atoms with van der Waals surface area (Å²) in [6, 6.07) is 20.4. The Morgan fingerprint density at radius 1 is 1.09 bits per heavy atom. The molecule has 6 rings (SSSR count). The summed E-state index contributed by atoms with van der Waals surface area (Å²) >= 11 is 0. The van der Waals surface area contributed by atoms with Crippen LogP contribution in [0, 0.1) is 0 Å². The Balaban J connectivity index is 1.22. The number of aryl methyl sites for hydroxylation is 1. The van der Waals surface area contributed by atoms with Crippen molar-refractivity contribution in [1.82, 2.24) is 30.4 Å². The van der Waals surface area contributed by atoms with Gasteiger partial charge in [-0.2, -0.15) is 5.10 Å². The molecule has 0 aliphatic carbocycles. The number of carbonyl (C=O) groups excluding carboxylic acids is 2. The van der Waals surface area contributed by atoms with Crippen LogP contribution in [-0.2, 0) is 35.3 Å². The van der Waals surface area contributed by atoms with Crippen LogP contribution in [0.1, 0.15) is 50.2 Å². The van der Waals surface area contributed by atoms with Crippen LogP contribution in [0.4, 0.5) is 4.79 Å². The molecule has 0 saturated heterocycles. The highest BCUT2D eigenvalue weighted by molar-refractivity contribution is 5.94. The molecule has 10 heteroatoms. The fraction of sp³-hybridized carbons (Fsp3) is 0.314. The van der Waals surface area contributed by atoms with E-state index in [0.29, 0.717) is 37.4 Å². The van der Waals surface area contributed by atoms with E-state index in [1.165, 1.54) is 0 Å². The summed E-state index contributed by atoms with van der Waals surface area (Å²) in [6.07, 6.45) is 1.11. The topological polar surface area (TPSA) is 136 Å². The summed E-state index contributed by atoms with van der Waals surface area (Å²) in [6.45, 7) is 8.27. The van der Waals surface area contributed by atoms with Gasteiger partial charge in [0, 0.05) is 24.8 Å². The fourth-order valence-electron chi connectivity index (χ4n) is 5.84. The Morgan fingerprint density at radius 2 is 1.89 bits per heavy atom. The van der Waals surface area contributed by atoms with Gasteiger partial charge >= 0.3 is 6.09 Å². The normalized spacial score (nSPS) is 13.8. The molecule has 2 amide bonds. The van der Waals surface area contributed by atoms with E-state index in [2.05, 4.69) is 39.6 Å². The molecule has 5 aromatic rings. The number of carbonyl (C=O) groups is 2. The molecule has 10 nitrogen and oxygen atoms in total. The first-order valence-corrected chi connectivity index (χ1v) is 15.3. The van der Waals surface area contributed by atoms with Gasteiger partial charge in [0.25, 0.3) is 0 Å². The third kappa shape index (κ3) is 6.55. The van der Waals surface area contributed by atoms with Crippen molar-refractivity contribution in [3.63, 3.8) is 0 Å². The van der Waals surface area contributed by atoms with Crippen molar-refractivity contribution in [3.8, 4) is 28.4 Å². The highest BCUT2D eigenvalue weighted by atomic mass is 16.6. The molecule has 1 atom stereocenters. The number of benzene rings is 3. The number of nitrogens with one attached hydrogen (secondary N) is 3. The summed E-state index contributed by atoms with van der Waals surface area (Å²) in [5.74, 6) is 0.721. The summed E-state index contributed by atoms with van der Waals surface area (Å²) in [7, 11) is 0. The fourth-order valence-corrected chi connectivity index (χ4v) is 5.84. The molecule has 0 bridgehead atoms. The van der Waals surface area contributed by atoms with Gasteiger partial charge in [-0.1, -0.05) is 49.4 Å². The van der Waals surface area contributed by atoms with Gasteiger partial charge in [-0.05, 0) is 73.7 Å². The van der Waals surface area contributed by atoms with E-state index in [9.17, 15) is 14.7 Å². The number of alkyl carbamates (subject to hydrolysis) is 1. The quantitative estimate of drug-likeness (QED) is 0.182. The van der Waals surface area contributed by atoms with Gasteiger partial charge in [-0.25, -0.2) is 9.78 Å². The minimum absolute atomic E-state index is 0.176. The van der Waals surface area contributed by atoms with Crippen molar-refractivity contribution in [1.29, 1.82) is 0 Å². The van der Waals surface area contributed by atoms with E-state index in [1.54, 1.807) is 37.8 Å². The standard InChI is InChI=1S/C35H38N6O4/c1-5-22-18-24(42)12-14-25(22)23-11-13-26-28(19-23)39-40-31(26)32-36-27-15-16-41(20-30(27)37-32)33(43)29(17-21-9-7-6-8-10-21)38-34(44)45-35(2,3)4/h6-14,18-19,29,42H,5,15-17,20H2,1-4H3,(H,36,37)(H,38,44)(H,39,40)/t29-/m0/s1. The lowest BCUT2D eigenvalue weighted by Gasteiger charge is -2.31. The van der Waals surface area contributed by atoms with Crippen molar-refractivity contribution in [2.45, 2.75) is 65.1 Å². The smallest absolute Gasteiger partial charge is 0.408 e. The molecule has 0 spiro atoms. The van der Waals surface area contributed by atoms with Gasteiger partial charge in [-0.3, -0.25) is 9.89 Å². The predicted molar refractivity (Wildman–Crippen MR) is 173 cm³/mol. The summed E-state index contributed by atoms with van der Waals surface area (Å²) < 4.78 is 5.47. The Labute approximate surface area is 261 Å². The number of aromatic hydroxyl groups is 1. The number of aromatic nitrogens is 4. The number of imidazole rings is 1. The van der Waals surface area contributed by atoms with Crippen LogP contribution >= 0.6 is 0 Å². The molecular weight excluding hydrogens is 568 g/mol. The monoisotopic (exact) mass is 606 g/mol. The van der Waals surface area contributed by atoms with E-state index in [4.69, 9.17) is 9.72 Å². The second-order valence-electron chi connectivity index (χ2n) is 12.4. The van der Waals surface area contributed by atoms with Gasteiger partial charge in [0.2, 0.25) is 5.91 Å². The van der Waals surface area contributed by atoms with Crippen molar-refractivity contribution in [3.05, 3.63) is 89.2 Å². The van der Waals surface area contributed by atoms with Gasteiger partial charge < -0.3 is 25.0 Å². The number of H-pyrrole nitrogens is 2. The number of nitrogens with zero attached hydrogens (tertiary/aromatic N) is 3. The third-order valence-corrected chi connectivity index (χ3v) is 7.98. The zero-order chi connectivity index (χ0) is 31.7. The zero-order valence-corrected chi connectivity index (χ0v) is 26.0. The van der Waals surface area contributed by atoms with Crippen molar-refractivity contribution >= 4 is 22.9 Å². The molecule has 45 heavy (non-hydrogen) atoms.